The van der Waals surface area contributed by atoms with Gasteiger partial charge in [-0.25, -0.2) is 4.74 Å². The van der Waals surface area contributed by atoms with Crippen LogP contribution >= 0.6 is 0 Å². The lowest BCUT2D eigenvalue weighted by Gasteiger charge is -2.08. The molecule has 2 aromatic rings. The molecule has 0 amide bonds. The zero-order valence-electron chi connectivity index (χ0n) is 14.4. The molecule has 0 radical (unpaired) electrons. The number of benzene rings is 2. The topological polar surface area (TPSA) is 61.6 Å². The second kappa shape index (κ2) is 6.81. The molecule has 1 aliphatic rings. The molecule has 5 heteroatoms. The molecule has 0 heterocycles. The van der Waals surface area contributed by atoms with E-state index < -0.39 is 0 Å². The van der Waals surface area contributed by atoms with E-state index in [-0.39, 0.29) is 12.4 Å². The number of ether oxygens (including phenoxy) is 2. The van der Waals surface area contributed by atoms with Gasteiger partial charge in [0.05, 0.1) is 26.2 Å². The molecular formula is C20H19NO4. The van der Waals surface area contributed by atoms with Crippen LogP contribution in [0.25, 0.3) is 5.57 Å². The summed E-state index contributed by atoms with van der Waals surface area (Å²) in [5, 5.41) is 12.3. The van der Waals surface area contributed by atoms with Crippen LogP contribution in [0.2, 0.25) is 0 Å². The highest BCUT2D eigenvalue weighted by molar-refractivity contribution is 6.24. The van der Waals surface area contributed by atoms with E-state index in [1.807, 2.05) is 48.5 Å². The Morgan fingerprint density at radius 2 is 1.80 bits per heavy atom. The van der Waals surface area contributed by atoms with Gasteiger partial charge in [0.1, 0.15) is 12.8 Å². The van der Waals surface area contributed by atoms with Gasteiger partial charge in [-0.1, -0.05) is 30.3 Å². The van der Waals surface area contributed by atoms with Crippen molar-refractivity contribution in [3.8, 4) is 5.75 Å². The molecule has 0 atom stereocenters. The number of hydroxylamine groups is 1. The third-order valence-corrected chi connectivity index (χ3v) is 4.26. The number of hydrogen-bond donors (Lipinski definition) is 0. The van der Waals surface area contributed by atoms with Crippen molar-refractivity contribution in [2.45, 2.75) is 6.42 Å². The van der Waals surface area contributed by atoms with Gasteiger partial charge in [0, 0.05) is 11.1 Å². The van der Waals surface area contributed by atoms with Crippen LogP contribution in [0.5, 0.6) is 5.75 Å². The molecule has 0 spiro atoms. The van der Waals surface area contributed by atoms with Gasteiger partial charge < -0.3 is 14.7 Å². The Labute approximate surface area is 146 Å². The van der Waals surface area contributed by atoms with Crippen LogP contribution in [-0.4, -0.2) is 37.7 Å². The third-order valence-electron chi connectivity index (χ3n) is 4.26. The molecule has 0 aromatic heterocycles. The maximum absolute atomic E-state index is 12.3. The molecule has 0 bridgehead atoms. The Bertz CT molecular complexity index is 878. The minimum atomic E-state index is -0.387. The zero-order chi connectivity index (χ0) is 18.0. The van der Waals surface area contributed by atoms with Crippen LogP contribution in [0.3, 0.4) is 0 Å². The second-order valence-corrected chi connectivity index (χ2v) is 5.73. The van der Waals surface area contributed by atoms with E-state index in [1.165, 1.54) is 14.2 Å². The largest absolute Gasteiger partial charge is 0.624 e. The Morgan fingerprint density at radius 1 is 1.08 bits per heavy atom. The van der Waals surface area contributed by atoms with E-state index in [1.54, 1.807) is 7.11 Å². The van der Waals surface area contributed by atoms with Crippen molar-refractivity contribution in [3.05, 3.63) is 76.0 Å². The fourth-order valence-electron chi connectivity index (χ4n) is 3.19. The fraction of sp³-hybridized carbons (Fsp3) is 0.200. The fourth-order valence-corrected chi connectivity index (χ4v) is 3.19. The zero-order valence-corrected chi connectivity index (χ0v) is 14.4. The molecular weight excluding hydrogens is 318 g/mol. The van der Waals surface area contributed by atoms with Gasteiger partial charge >= 0.3 is 5.97 Å². The van der Waals surface area contributed by atoms with Crippen molar-refractivity contribution in [1.82, 2.24) is 0 Å². The Balaban J connectivity index is 2.30. The molecule has 0 unspecified atom stereocenters. The van der Waals surface area contributed by atoms with Crippen molar-refractivity contribution in [2.24, 2.45) is 0 Å². The number of esters is 1. The van der Waals surface area contributed by atoms with Gasteiger partial charge in [-0.3, -0.25) is 4.79 Å². The summed E-state index contributed by atoms with van der Waals surface area (Å²) in [7, 11) is 4.36. The average Bonchev–Trinajstić information content (AvgIpc) is 2.94. The average molecular weight is 337 g/mol. The summed E-state index contributed by atoms with van der Waals surface area (Å²) < 4.78 is 10.9. The van der Waals surface area contributed by atoms with Crippen LogP contribution in [-0.2, 0) is 9.53 Å². The summed E-state index contributed by atoms with van der Waals surface area (Å²) in [5.74, 6) is 0.271. The molecule has 0 fully saturated rings. The monoisotopic (exact) mass is 337 g/mol. The van der Waals surface area contributed by atoms with Crippen LogP contribution in [0.15, 0.2) is 54.1 Å². The van der Waals surface area contributed by atoms with E-state index in [0.29, 0.717) is 17.0 Å². The van der Waals surface area contributed by atoms with E-state index in [0.717, 1.165) is 27.0 Å². The SMILES string of the molecule is COC(=O)CC1=C(c2ccccc2)c2ccc(OC)cc2/C1=[N+](/C)[O-]. The summed E-state index contributed by atoms with van der Waals surface area (Å²) in [5.41, 5.74) is 4.63. The van der Waals surface area contributed by atoms with Gasteiger partial charge in [-0.2, -0.15) is 0 Å². The molecule has 1 aliphatic carbocycles. The van der Waals surface area contributed by atoms with Crippen LogP contribution < -0.4 is 4.74 Å². The molecule has 3 rings (SSSR count). The maximum atomic E-state index is 12.3. The van der Waals surface area contributed by atoms with Crippen LogP contribution in [0.4, 0.5) is 0 Å². The summed E-state index contributed by atoms with van der Waals surface area (Å²) in [6.07, 6.45) is 0.0274. The first kappa shape index (κ1) is 16.8. The van der Waals surface area contributed by atoms with E-state index in [9.17, 15) is 10.0 Å². The second-order valence-electron chi connectivity index (χ2n) is 5.73. The quantitative estimate of drug-likeness (QED) is 0.372. The van der Waals surface area contributed by atoms with Crippen molar-refractivity contribution in [1.29, 1.82) is 0 Å². The molecule has 2 aromatic carbocycles. The molecule has 128 valence electrons. The lowest BCUT2D eigenvalue weighted by Crippen LogP contribution is -2.16. The lowest BCUT2D eigenvalue weighted by atomic mass is 9.96. The van der Waals surface area contributed by atoms with Crippen LogP contribution in [0.1, 0.15) is 23.1 Å². The van der Waals surface area contributed by atoms with Crippen LogP contribution in [0, 0.1) is 5.21 Å². The summed E-state index contributed by atoms with van der Waals surface area (Å²) in [4.78, 5) is 12.0. The summed E-state index contributed by atoms with van der Waals surface area (Å²) >= 11 is 0. The highest BCUT2D eigenvalue weighted by Crippen LogP contribution is 2.40. The van der Waals surface area contributed by atoms with Crippen molar-refractivity contribution >= 4 is 17.3 Å². The normalized spacial score (nSPS) is 15.0. The smallest absolute Gasteiger partial charge is 0.310 e. The first-order chi connectivity index (χ1) is 12.1. The first-order valence-electron chi connectivity index (χ1n) is 7.89. The Morgan fingerprint density at radius 3 is 2.40 bits per heavy atom. The number of rotatable bonds is 4. The predicted octanol–water partition coefficient (Wildman–Crippen LogP) is 3.00. The van der Waals surface area contributed by atoms with E-state index >= 15 is 0 Å². The van der Waals surface area contributed by atoms with Gasteiger partial charge in [0.2, 0.25) is 5.71 Å². The third kappa shape index (κ3) is 3.01. The van der Waals surface area contributed by atoms with Gasteiger partial charge in [-0.15, -0.1) is 0 Å². The molecule has 0 N–H and O–H groups in total. The van der Waals surface area contributed by atoms with E-state index in [2.05, 4.69) is 0 Å². The standard InChI is InChI=1S/C20H19NO4/c1-21(23)20-16-11-14(24-2)9-10-15(16)19(13-7-5-4-6-8-13)17(20)12-18(22)25-3/h4-11H,12H2,1-3H3/b21-20+. The van der Waals surface area contributed by atoms with Gasteiger partial charge in [0.15, 0.2) is 0 Å². The lowest BCUT2D eigenvalue weighted by molar-refractivity contribution is -0.421. The number of carbonyl (C=O) groups is 1. The highest BCUT2D eigenvalue weighted by Gasteiger charge is 2.35. The Hall–Kier alpha value is -3.08. The number of carbonyl (C=O) groups excluding carboxylic acids is 1. The molecule has 0 saturated heterocycles. The van der Waals surface area contributed by atoms with Crippen molar-refractivity contribution < 1.29 is 19.0 Å². The molecule has 5 nitrogen and oxygen atoms in total. The molecule has 0 saturated carbocycles. The van der Waals surface area contributed by atoms with Gasteiger partial charge in [-0.05, 0) is 29.3 Å². The maximum Gasteiger partial charge on any atom is 0.310 e. The minimum absolute atomic E-state index is 0.0274. The summed E-state index contributed by atoms with van der Waals surface area (Å²) in [6, 6.07) is 15.3. The number of fused-ring (bicyclic) bond motifs is 1. The van der Waals surface area contributed by atoms with Gasteiger partial charge in [0.25, 0.3) is 0 Å². The van der Waals surface area contributed by atoms with E-state index in [4.69, 9.17) is 9.47 Å². The highest BCUT2D eigenvalue weighted by atomic mass is 16.5. The molecule has 0 aliphatic heterocycles. The first-order valence-corrected chi connectivity index (χ1v) is 7.89. The summed E-state index contributed by atoms with van der Waals surface area (Å²) in [6.45, 7) is 0. The predicted molar refractivity (Wildman–Crippen MR) is 95.8 cm³/mol. The number of methoxy groups -OCH3 is 2. The molecule has 25 heavy (non-hydrogen) atoms. The number of hydrogen-bond acceptors (Lipinski definition) is 4. The van der Waals surface area contributed by atoms with Crippen molar-refractivity contribution in [3.63, 3.8) is 0 Å². The minimum Gasteiger partial charge on any atom is -0.624 e. The number of nitrogens with zero attached hydrogens (tertiary/aromatic N) is 1. The Kier molecular flexibility index (Phi) is 4.57. The van der Waals surface area contributed by atoms with Crippen molar-refractivity contribution in [2.75, 3.05) is 21.3 Å².